The Morgan fingerprint density at radius 1 is 1.27 bits per heavy atom. The van der Waals surface area contributed by atoms with E-state index in [9.17, 15) is 4.79 Å². The van der Waals surface area contributed by atoms with Gasteiger partial charge in [0.2, 0.25) is 5.91 Å². The average Bonchev–Trinajstić information content (AvgIpc) is 2.87. The highest BCUT2D eigenvalue weighted by atomic mass is 16.5. The summed E-state index contributed by atoms with van der Waals surface area (Å²) in [5, 5.41) is 7.30. The van der Waals surface area contributed by atoms with Crippen LogP contribution >= 0.6 is 0 Å². The number of carbonyl (C=O) groups excluding carboxylic acids is 1. The molecule has 1 aromatic carbocycles. The SMILES string of the molecule is Cc1cc(C)n2nc(NC(=O)CN3CCOc4ccccc4C3)cc2n1. The lowest BCUT2D eigenvalue weighted by molar-refractivity contribution is -0.117. The number of para-hydroxylation sites is 1. The maximum Gasteiger partial charge on any atom is 0.239 e. The Morgan fingerprint density at radius 3 is 3.00 bits per heavy atom. The van der Waals surface area contributed by atoms with Gasteiger partial charge >= 0.3 is 0 Å². The number of aromatic nitrogens is 3. The number of carbonyl (C=O) groups is 1. The molecule has 0 unspecified atom stereocenters. The third-order valence-electron chi connectivity index (χ3n) is 4.40. The highest BCUT2D eigenvalue weighted by molar-refractivity contribution is 5.91. The van der Waals surface area contributed by atoms with Crippen LogP contribution in [0, 0.1) is 13.8 Å². The Balaban J connectivity index is 1.45. The lowest BCUT2D eigenvalue weighted by atomic mass is 10.2. The fourth-order valence-corrected chi connectivity index (χ4v) is 3.25. The lowest BCUT2D eigenvalue weighted by Gasteiger charge is -2.18. The van der Waals surface area contributed by atoms with E-state index in [4.69, 9.17) is 4.74 Å². The van der Waals surface area contributed by atoms with E-state index in [-0.39, 0.29) is 12.5 Å². The number of rotatable bonds is 3. The minimum Gasteiger partial charge on any atom is -0.492 e. The highest BCUT2D eigenvalue weighted by Crippen LogP contribution is 2.22. The number of hydrogen-bond acceptors (Lipinski definition) is 5. The van der Waals surface area contributed by atoms with Crippen LogP contribution in [0.25, 0.3) is 5.65 Å². The molecule has 1 amide bonds. The number of aryl methyl sites for hydroxylation is 2. The minimum absolute atomic E-state index is 0.0952. The van der Waals surface area contributed by atoms with Crippen molar-refractivity contribution in [3.8, 4) is 5.75 Å². The van der Waals surface area contributed by atoms with Crippen molar-refractivity contribution in [1.29, 1.82) is 0 Å². The molecule has 3 aromatic rings. The Hall–Kier alpha value is -2.93. The molecular weight excluding hydrogens is 330 g/mol. The molecule has 0 aliphatic carbocycles. The Bertz CT molecular complexity index is 966. The van der Waals surface area contributed by atoms with Crippen LogP contribution < -0.4 is 10.1 Å². The molecular formula is C19H21N5O2. The predicted molar refractivity (Wildman–Crippen MR) is 98.3 cm³/mol. The average molecular weight is 351 g/mol. The van der Waals surface area contributed by atoms with E-state index in [1.807, 2.05) is 44.2 Å². The fraction of sp³-hybridized carbons (Fsp3) is 0.316. The summed E-state index contributed by atoms with van der Waals surface area (Å²) < 4.78 is 7.48. The molecule has 1 aliphatic rings. The van der Waals surface area contributed by atoms with Crippen LogP contribution in [0.2, 0.25) is 0 Å². The number of amides is 1. The molecule has 0 saturated carbocycles. The van der Waals surface area contributed by atoms with Crippen LogP contribution in [-0.2, 0) is 11.3 Å². The molecule has 0 spiro atoms. The van der Waals surface area contributed by atoms with Crippen LogP contribution in [0.1, 0.15) is 17.0 Å². The van der Waals surface area contributed by atoms with Gasteiger partial charge in [0.1, 0.15) is 12.4 Å². The first-order chi connectivity index (χ1) is 12.6. The molecule has 0 bridgehead atoms. The van der Waals surface area contributed by atoms with Gasteiger partial charge in [-0.15, -0.1) is 5.10 Å². The van der Waals surface area contributed by atoms with E-state index in [1.165, 1.54) is 0 Å². The van der Waals surface area contributed by atoms with Gasteiger partial charge in [-0.2, -0.15) is 0 Å². The van der Waals surface area contributed by atoms with Crippen LogP contribution in [0.4, 0.5) is 5.82 Å². The number of fused-ring (bicyclic) bond motifs is 2. The summed E-state index contributed by atoms with van der Waals surface area (Å²) in [5.41, 5.74) is 3.74. The zero-order chi connectivity index (χ0) is 18.1. The summed E-state index contributed by atoms with van der Waals surface area (Å²) in [6.07, 6.45) is 0. The fourth-order valence-electron chi connectivity index (χ4n) is 3.25. The predicted octanol–water partition coefficient (Wildman–Crippen LogP) is 2.18. The smallest absolute Gasteiger partial charge is 0.239 e. The molecule has 0 saturated heterocycles. The highest BCUT2D eigenvalue weighted by Gasteiger charge is 2.18. The van der Waals surface area contributed by atoms with Crippen molar-refractivity contribution in [2.75, 3.05) is 25.0 Å². The van der Waals surface area contributed by atoms with Crippen molar-refractivity contribution >= 4 is 17.4 Å². The van der Waals surface area contributed by atoms with E-state index < -0.39 is 0 Å². The van der Waals surface area contributed by atoms with Crippen molar-refractivity contribution in [2.24, 2.45) is 0 Å². The van der Waals surface area contributed by atoms with Gasteiger partial charge in [-0.3, -0.25) is 9.69 Å². The Kier molecular flexibility index (Phi) is 4.30. The summed E-state index contributed by atoms with van der Waals surface area (Å²) >= 11 is 0. The quantitative estimate of drug-likeness (QED) is 0.783. The first-order valence-electron chi connectivity index (χ1n) is 8.65. The van der Waals surface area contributed by atoms with Crippen LogP contribution in [0.15, 0.2) is 36.4 Å². The van der Waals surface area contributed by atoms with Crippen molar-refractivity contribution in [3.63, 3.8) is 0 Å². The second-order valence-electron chi connectivity index (χ2n) is 6.55. The van der Waals surface area contributed by atoms with Gasteiger partial charge in [-0.1, -0.05) is 18.2 Å². The van der Waals surface area contributed by atoms with Gasteiger partial charge in [0, 0.05) is 36.1 Å². The Labute approximate surface area is 151 Å². The molecule has 7 heteroatoms. The maximum absolute atomic E-state index is 12.5. The molecule has 2 aromatic heterocycles. The van der Waals surface area contributed by atoms with Crippen LogP contribution in [-0.4, -0.2) is 45.1 Å². The summed E-state index contributed by atoms with van der Waals surface area (Å²) in [5.74, 6) is 1.32. The molecule has 1 N–H and O–H groups in total. The first kappa shape index (κ1) is 16.5. The van der Waals surface area contributed by atoms with Crippen molar-refractivity contribution in [2.45, 2.75) is 20.4 Å². The monoisotopic (exact) mass is 351 g/mol. The first-order valence-corrected chi connectivity index (χ1v) is 8.65. The summed E-state index contributed by atoms with van der Waals surface area (Å²) in [6, 6.07) is 11.7. The van der Waals surface area contributed by atoms with Gasteiger partial charge in [0.25, 0.3) is 0 Å². The number of nitrogens with zero attached hydrogens (tertiary/aromatic N) is 4. The molecule has 4 rings (SSSR count). The molecule has 0 atom stereocenters. The van der Waals surface area contributed by atoms with E-state index in [1.54, 1.807) is 10.6 Å². The van der Waals surface area contributed by atoms with Gasteiger partial charge in [0.15, 0.2) is 11.5 Å². The van der Waals surface area contributed by atoms with Crippen molar-refractivity contribution in [1.82, 2.24) is 19.5 Å². The van der Waals surface area contributed by atoms with Gasteiger partial charge in [-0.25, -0.2) is 9.50 Å². The molecule has 0 fully saturated rings. The van der Waals surface area contributed by atoms with Crippen LogP contribution in [0.5, 0.6) is 5.75 Å². The lowest BCUT2D eigenvalue weighted by Crippen LogP contribution is -2.34. The third kappa shape index (κ3) is 3.39. The zero-order valence-electron chi connectivity index (χ0n) is 14.9. The molecule has 1 aliphatic heterocycles. The normalized spacial score (nSPS) is 14.5. The zero-order valence-corrected chi connectivity index (χ0v) is 14.9. The van der Waals surface area contributed by atoms with Crippen molar-refractivity contribution < 1.29 is 9.53 Å². The molecule has 134 valence electrons. The number of anilines is 1. The van der Waals surface area contributed by atoms with Gasteiger partial charge < -0.3 is 10.1 Å². The number of nitrogens with one attached hydrogen (secondary N) is 1. The topological polar surface area (TPSA) is 71.8 Å². The van der Waals surface area contributed by atoms with Gasteiger partial charge in [-0.05, 0) is 26.0 Å². The second-order valence-corrected chi connectivity index (χ2v) is 6.55. The number of hydrogen-bond donors (Lipinski definition) is 1. The largest absolute Gasteiger partial charge is 0.492 e. The van der Waals surface area contributed by atoms with Crippen molar-refractivity contribution in [3.05, 3.63) is 53.3 Å². The summed E-state index contributed by atoms with van der Waals surface area (Å²) in [6.45, 7) is 6.16. The maximum atomic E-state index is 12.5. The summed E-state index contributed by atoms with van der Waals surface area (Å²) in [4.78, 5) is 19.0. The van der Waals surface area contributed by atoms with E-state index >= 15 is 0 Å². The standard InChI is InChI=1S/C19H21N5O2/c1-13-9-14(2)24-18(20-13)10-17(22-24)21-19(25)12-23-7-8-26-16-6-4-3-5-15(16)11-23/h3-6,9-10H,7-8,11-12H2,1-2H3,(H,21,22,25). The molecule has 7 nitrogen and oxygen atoms in total. The van der Waals surface area contributed by atoms with Crippen LogP contribution in [0.3, 0.4) is 0 Å². The molecule has 26 heavy (non-hydrogen) atoms. The van der Waals surface area contributed by atoms with E-state index in [2.05, 4.69) is 20.3 Å². The molecule has 0 radical (unpaired) electrons. The number of benzene rings is 1. The Morgan fingerprint density at radius 2 is 2.12 bits per heavy atom. The second kappa shape index (κ2) is 6.76. The molecule has 3 heterocycles. The summed E-state index contributed by atoms with van der Waals surface area (Å²) in [7, 11) is 0. The van der Waals surface area contributed by atoms with Gasteiger partial charge in [0.05, 0.1) is 6.54 Å². The van der Waals surface area contributed by atoms with E-state index in [0.717, 1.165) is 28.3 Å². The van der Waals surface area contributed by atoms with E-state index in [0.29, 0.717) is 25.5 Å². The minimum atomic E-state index is -0.0952. The third-order valence-corrected chi connectivity index (χ3v) is 4.40. The number of ether oxygens (including phenoxy) is 1.